The van der Waals surface area contributed by atoms with Crippen LogP contribution in [0.25, 0.3) is 0 Å². The summed E-state index contributed by atoms with van der Waals surface area (Å²) in [6, 6.07) is 7.13. The number of hydrazone groups is 1. The molecule has 0 fully saturated rings. The predicted molar refractivity (Wildman–Crippen MR) is 84.9 cm³/mol. The average Bonchev–Trinajstić information content (AvgIpc) is 2.41. The van der Waals surface area contributed by atoms with Crippen molar-refractivity contribution in [3.05, 3.63) is 29.8 Å². The minimum atomic E-state index is -3.56. The maximum absolute atomic E-state index is 12.0. The van der Waals surface area contributed by atoms with E-state index >= 15 is 0 Å². The van der Waals surface area contributed by atoms with Crippen LogP contribution < -0.4 is 9.73 Å². The topological polar surface area (TPSA) is 78.8 Å². The lowest BCUT2D eigenvalue weighted by Crippen LogP contribution is -2.39. The molecule has 1 aromatic rings. The number of nitrogens with zero attached hydrogens (tertiary/aromatic N) is 2. The molecule has 0 aliphatic carbocycles. The van der Waals surface area contributed by atoms with Crippen molar-refractivity contribution in [2.75, 3.05) is 17.1 Å². The highest BCUT2D eigenvalue weighted by Gasteiger charge is 2.22. The molecule has 7 heteroatoms. The lowest BCUT2D eigenvalue weighted by molar-refractivity contribution is -0.119. The Morgan fingerprint density at radius 2 is 1.90 bits per heavy atom. The summed E-state index contributed by atoms with van der Waals surface area (Å²) < 4.78 is 25.1. The molecule has 0 saturated carbocycles. The second-order valence-electron chi connectivity index (χ2n) is 4.85. The summed E-state index contributed by atoms with van der Waals surface area (Å²) in [4.78, 5) is 11.9. The second kappa shape index (κ2) is 7.21. The highest BCUT2D eigenvalue weighted by molar-refractivity contribution is 7.92. The van der Waals surface area contributed by atoms with E-state index in [1.54, 1.807) is 26.0 Å². The van der Waals surface area contributed by atoms with Gasteiger partial charge in [0.2, 0.25) is 10.0 Å². The Hall–Kier alpha value is -1.89. The molecular weight excluding hydrogens is 290 g/mol. The number of carbonyl (C=O) groups excluding carboxylic acids is 1. The SMILES string of the molecule is CCc1ccccc1N(CC(=O)NN=C(C)C)S(C)(=O)=O. The number of hydrogen-bond donors (Lipinski definition) is 1. The van der Waals surface area contributed by atoms with Gasteiger partial charge in [0.05, 0.1) is 11.9 Å². The molecule has 0 atom stereocenters. The van der Waals surface area contributed by atoms with Gasteiger partial charge in [-0.15, -0.1) is 0 Å². The molecule has 6 nitrogen and oxygen atoms in total. The van der Waals surface area contributed by atoms with Gasteiger partial charge in [-0.2, -0.15) is 5.10 Å². The maximum Gasteiger partial charge on any atom is 0.260 e. The van der Waals surface area contributed by atoms with Crippen molar-refractivity contribution in [3.63, 3.8) is 0 Å². The van der Waals surface area contributed by atoms with Crippen molar-refractivity contribution in [2.45, 2.75) is 27.2 Å². The van der Waals surface area contributed by atoms with Crippen LogP contribution in [0.4, 0.5) is 5.69 Å². The summed E-state index contributed by atoms with van der Waals surface area (Å²) in [6.45, 7) is 5.11. The molecule has 0 aliphatic heterocycles. The molecule has 0 heterocycles. The van der Waals surface area contributed by atoms with E-state index in [0.717, 1.165) is 16.1 Å². The van der Waals surface area contributed by atoms with Crippen LogP contribution in [-0.2, 0) is 21.2 Å². The van der Waals surface area contributed by atoms with Crippen LogP contribution in [0.15, 0.2) is 29.4 Å². The molecule has 0 aromatic heterocycles. The van der Waals surface area contributed by atoms with E-state index in [2.05, 4.69) is 10.5 Å². The van der Waals surface area contributed by atoms with Gasteiger partial charge in [0.15, 0.2) is 0 Å². The van der Waals surface area contributed by atoms with E-state index in [9.17, 15) is 13.2 Å². The first-order valence-corrected chi connectivity index (χ1v) is 8.46. The first kappa shape index (κ1) is 17.2. The van der Waals surface area contributed by atoms with Gasteiger partial charge in [-0.1, -0.05) is 25.1 Å². The fourth-order valence-electron chi connectivity index (χ4n) is 1.77. The van der Waals surface area contributed by atoms with Gasteiger partial charge in [-0.3, -0.25) is 9.10 Å². The molecule has 0 unspecified atom stereocenters. The first-order valence-electron chi connectivity index (χ1n) is 6.61. The summed E-state index contributed by atoms with van der Waals surface area (Å²) in [5.74, 6) is -0.479. The number of anilines is 1. The van der Waals surface area contributed by atoms with E-state index in [4.69, 9.17) is 0 Å². The number of benzene rings is 1. The zero-order valence-electron chi connectivity index (χ0n) is 12.8. The number of para-hydroxylation sites is 1. The summed E-state index contributed by atoms with van der Waals surface area (Å²) in [7, 11) is -3.56. The Bertz CT molecular complexity index is 635. The van der Waals surface area contributed by atoms with Gasteiger partial charge in [-0.25, -0.2) is 13.8 Å². The number of nitrogens with one attached hydrogen (secondary N) is 1. The van der Waals surface area contributed by atoms with Crippen molar-refractivity contribution in [2.24, 2.45) is 5.10 Å². The minimum Gasteiger partial charge on any atom is -0.271 e. The number of sulfonamides is 1. The van der Waals surface area contributed by atoms with Gasteiger partial charge < -0.3 is 0 Å². The van der Waals surface area contributed by atoms with Gasteiger partial charge >= 0.3 is 0 Å². The van der Waals surface area contributed by atoms with Crippen molar-refractivity contribution in [1.82, 2.24) is 5.43 Å². The lowest BCUT2D eigenvalue weighted by atomic mass is 10.1. The normalized spacial score (nSPS) is 10.9. The summed E-state index contributed by atoms with van der Waals surface area (Å²) in [5.41, 5.74) is 4.41. The zero-order chi connectivity index (χ0) is 16.0. The maximum atomic E-state index is 12.0. The van der Waals surface area contributed by atoms with E-state index < -0.39 is 15.9 Å². The first-order chi connectivity index (χ1) is 9.75. The molecule has 1 amide bonds. The van der Waals surface area contributed by atoms with Gasteiger partial charge in [0, 0.05) is 5.71 Å². The monoisotopic (exact) mass is 311 g/mol. The average molecular weight is 311 g/mol. The van der Waals surface area contributed by atoms with Crippen LogP contribution in [-0.4, -0.2) is 32.8 Å². The summed E-state index contributed by atoms with van der Waals surface area (Å²) in [6.07, 6.45) is 1.76. The Labute approximate surface area is 125 Å². The van der Waals surface area contributed by atoms with Gasteiger partial charge in [0.1, 0.15) is 6.54 Å². The molecule has 0 saturated heterocycles. The molecule has 1 aromatic carbocycles. The smallest absolute Gasteiger partial charge is 0.260 e. The molecule has 0 spiro atoms. The third-order valence-electron chi connectivity index (χ3n) is 2.73. The molecular formula is C14H21N3O3S. The zero-order valence-corrected chi connectivity index (χ0v) is 13.6. The van der Waals surface area contributed by atoms with E-state index in [1.807, 2.05) is 19.1 Å². The third kappa shape index (κ3) is 5.18. The highest BCUT2D eigenvalue weighted by Crippen LogP contribution is 2.23. The number of rotatable bonds is 6. The number of aryl methyl sites for hydroxylation is 1. The van der Waals surface area contributed by atoms with Crippen molar-refractivity contribution >= 4 is 27.3 Å². The minimum absolute atomic E-state index is 0.299. The summed E-state index contributed by atoms with van der Waals surface area (Å²) >= 11 is 0. The van der Waals surface area contributed by atoms with Gasteiger partial charge in [0.25, 0.3) is 5.91 Å². The van der Waals surface area contributed by atoms with E-state index in [1.165, 1.54) is 0 Å². The van der Waals surface area contributed by atoms with Crippen LogP contribution >= 0.6 is 0 Å². The quantitative estimate of drug-likeness (QED) is 0.639. The van der Waals surface area contributed by atoms with Crippen LogP contribution in [0.2, 0.25) is 0 Å². The van der Waals surface area contributed by atoms with Crippen molar-refractivity contribution in [3.8, 4) is 0 Å². The van der Waals surface area contributed by atoms with Gasteiger partial charge in [-0.05, 0) is 31.9 Å². The fraction of sp³-hybridized carbons (Fsp3) is 0.429. The Morgan fingerprint density at radius 1 is 1.29 bits per heavy atom. The summed E-state index contributed by atoms with van der Waals surface area (Å²) in [5, 5.41) is 3.79. The molecule has 116 valence electrons. The van der Waals surface area contributed by atoms with E-state index in [0.29, 0.717) is 17.8 Å². The Kier molecular flexibility index (Phi) is 5.90. The fourth-order valence-corrected chi connectivity index (χ4v) is 2.66. The van der Waals surface area contributed by atoms with Crippen molar-refractivity contribution < 1.29 is 13.2 Å². The molecule has 1 N–H and O–H groups in total. The van der Waals surface area contributed by atoms with E-state index in [-0.39, 0.29) is 6.54 Å². The number of amides is 1. The number of hydrogen-bond acceptors (Lipinski definition) is 4. The number of carbonyl (C=O) groups is 1. The van der Waals surface area contributed by atoms with Crippen LogP contribution in [0.3, 0.4) is 0 Å². The van der Waals surface area contributed by atoms with Crippen LogP contribution in [0, 0.1) is 0 Å². The molecule has 0 aliphatic rings. The third-order valence-corrected chi connectivity index (χ3v) is 3.86. The molecule has 0 bridgehead atoms. The molecule has 1 rings (SSSR count). The predicted octanol–water partition coefficient (Wildman–Crippen LogP) is 1.53. The van der Waals surface area contributed by atoms with Crippen LogP contribution in [0.5, 0.6) is 0 Å². The second-order valence-corrected chi connectivity index (χ2v) is 6.75. The molecule has 0 radical (unpaired) electrons. The Morgan fingerprint density at radius 3 is 2.43 bits per heavy atom. The standard InChI is InChI=1S/C14H21N3O3S/c1-5-12-8-6-7-9-13(12)17(21(4,19)20)10-14(18)16-15-11(2)3/h6-9H,5,10H2,1-4H3,(H,16,18). The van der Waals surface area contributed by atoms with Crippen LogP contribution in [0.1, 0.15) is 26.3 Å². The largest absolute Gasteiger partial charge is 0.271 e. The highest BCUT2D eigenvalue weighted by atomic mass is 32.2. The van der Waals surface area contributed by atoms with Crippen molar-refractivity contribution in [1.29, 1.82) is 0 Å². The molecule has 21 heavy (non-hydrogen) atoms. The Balaban J connectivity index is 3.08. The lowest BCUT2D eigenvalue weighted by Gasteiger charge is -2.23.